The van der Waals surface area contributed by atoms with Crippen molar-refractivity contribution in [3.63, 3.8) is 0 Å². The second-order valence-corrected chi connectivity index (χ2v) is 7.62. The van der Waals surface area contributed by atoms with Crippen molar-refractivity contribution in [2.24, 2.45) is 5.41 Å². The summed E-state index contributed by atoms with van der Waals surface area (Å²) in [6.07, 6.45) is 1.41. The van der Waals surface area contributed by atoms with Crippen molar-refractivity contribution in [1.82, 2.24) is 9.80 Å². The average molecular weight is 344 g/mol. The van der Waals surface area contributed by atoms with Gasteiger partial charge in [-0.1, -0.05) is 44.2 Å². The van der Waals surface area contributed by atoms with E-state index >= 15 is 0 Å². The van der Waals surface area contributed by atoms with E-state index in [4.69, 9.17) is 0 Å². The number of nitrogens with zero attached hydrogens (tertiary/aromatic N) is 2. The second-order valence-electron chi connectivity index (χ2n) is 7.62. The van der Waals surface area contributed by atoms with Crippen LogP contribution in [0.2, 0.25) is 0 Å². The van der Waals surface area contributed by atoms with Crippen LogP contribution in [-0.2, 0) is 20.8 Å². The quantitative estimate of drug-likeness (QED) is 0.899. The molecule has 134 valence electrons. The molecule has 2 aliphatic rings. The van der Waals surface area contributed by atoms with Gasteiger partial charge in [-0.25, -0.2) is 4.79 Å². The first-order chi connectivity index (χ1) is 11.8. The number of carboxylic acids is 1. The Kier molecular flexibility index (Phi) is 4.54. The van der Waals surface area contributed by atoms with Gasteiger partial charge in [-0.15, -0.1) is 0 Å². The molecule has 0 saturated carbocycles. The van der Waals surface area contributed by atoms with Gasteiger partial charge in [0.2, 0.25) is 11.8 Å². The van der Waals surface area contributed by atoms with Gasteiger partial charge in [-0.05, 0) is 23.8 Å². The summed E-state index contributed by atoms with van der Waals surface area (Å²) in [4.78, 5) is 39.7. The van der Waals surface area contributed by atoms with E-state index in [1.807, 2.05) is 44.2 Å². The predicted molar refractivity (Wildman–Crippen MR) is 91.8 cm³/mol. The first kappa shape index (κ1) is 17.5. The van der Waals surface area contributed by atoms with Gasteiger partial charge in [0, 0.05) is 13.0 Å². The largest absolute Gasteiger partial charge is 0.480 e. The lowest BCUT2D eigenvalue weighted by Gasteiger charge is -2.42. The lowest BCUT2D eigenvalue weighted by Crippen LogP contribution is -2.60. The number of aliphatic carboxylic acids is 1. The summed E-state index contributed by atoms with van der Waals surface area (Å²) >= 11 is 0. The van der Waals surface area contributed by atoms with Crippen LogP contribution >= 0.6 is 0 Å². The number of piperazine rings is 1. The zero-order valence-corrected chi connectivity index (χ0v) is 14.6. The summed E-state index contributed by atoms with van der Waals surface area (Å²) in [7, 11) is 0. The molecule has 0 aromatic heterocycles. The molecule has 1 aromatic rings. The smallest absolute Gasteiger partial charge is 0.326 e. The molecule has 2 amide bonds. The number of benzene rings is 1. The molecule has 0 spiro atoms. The molecule has 6 heteroatoms. The minimum absolute atomic E-state index is 0.0238. The van der Waals surface area contributed by atoms with Crippen molar-refractivity contribution in [3.8, 4) is 0 Å². The molecule has 2 fully saturated rings. The van der Waals surface area contributed by atoms with E-state index in [2.05, 4.69) is 0 Å². The zero-order chi connectivity index (χ0) is 18.2. The summed E-state index contributed by atoms with van der Waals surface area (Å²) in [6.45, 7) is 4.33. The molecule has 2 atom stereocenters. The van der Waals surface area contributed by atoms with Crippen molar-refractivity contribution in [3.05, 3.63) is 35.9 Å². The molecule has 25 heavy (non-hydrogen) atoms. The molecular weight excluding hydrogens is 320 g/mol. The number of carbonyl (C=O) groups excluding carboxylic acids is 2. The van der Waals surface area contributed by atoms with Gasteiger partial charge < -0.3 is 14.9 Å². The summed E-state index contributed by atoms with van der Waals surface area (Å²) in [6, 6.07) is 8.75. The van der Waals surface area contributed by atoms with E-state index < -0.39 is 12.0 Å². The maximum absolute atomic E-state index is 12.6. The molecule has 2 saturated heterocycles. The Morgan fingerprint density at radius 2 is 1.92 bits per heavy atom. The van der Waals surface area contributed by atoms with Crippen LogP contribution in [0.25, 0.3) is 0 Å². The van der Waals surface area contributed by atoms with Gasteiger partial charge in [0.05, 0.1) is 12.6 Å². The number of rotatable bonds is 4. The van der Waals surface area contributed by atoms with Gasteiger partial charge in [0.25, 0.3) is 0 Å². The number of amides is 2. The number of aryl methyl sites for hydroxylation is 1. The van der Waals surface area contributed by atoms with E-state index in [0.717, 1.165) is 5.56 Å². The first-order valence-electron chi connectivity index (χ1n) is 8.65. The molecule has 3 rings (SSSR count). The predicted octanol–water partition coefficient (Wildman–Crippen LogP) is 1.54. The molecule has 2 heterocycles. The number of hydrogen-bond acceptors (Lipinski definition) is 3. The van der Waals surface area contributed by atoms with E-state index in [0.29, 0.717) is 25.8 Å². The Morgan fingerprint density at radius 1 is 1.24 bits per heavy atom. The van der Waals surface area contributed by atoms with Crippen LogP contribution in [0.3, 0.4) is 0 Å². The first-order valence-corrected chi connectivity index (χ1v) is 8.65. The molecule has 0 radical (unpaired) electrons. The van der Waals surface area contributed by atoms with E-state index in [9.17, 15) is 19.5 Å². The molecule has 2 aliphatic heterocycles. The minimum Gasteiger partial charge on any atom is -0.480 e. The van der Waals surface area contributed by atoms with Crippen LogP contribution in [0.5, 0.6) is 0 Å². The van der Waals surface area contributed by atoms with Crippen LogP contribution in [0.1, 0.15) is 32.3 Å². The standard InChI is InChI=1S/C19H24N2O4/c1-19(2)10-14(18(24)25)21-15(19)11-20(12-17(21)23)16(22)9-8-13-6-4-3-5-7-13/h3-7,14-15H,8-12H2,1-2H3,(H,24,25). The third-order valence-corrected chi connectivity index (χ3v) is 5.41. The van der Waals surface area contributed by atoms with Crippen LogP contribution in [0.15, 0.2) is 30.3 Å². The van der Waals surface area contributed by atoms with Crippen molar-refractivity contribution in [2.45, 2.75) is 45.2 Å². The van der Waals surface area contributed by atoms with Gasteiger partial charge in [0.1, 0.15) is 6.04 Å². The van der Waals surface area contributed by atoms with Crippen LogP contribution in [-0.4, -0.2) is 57.9 Å². The second kappa shape index (κ2) is 6.50. The third kappa shape index (κ3) is 3.38. The van der Waals surface area contributed by atoms with Crippen LogP contribution < -0.4 is 0 Å². The van der Waals surface area contributed by atoms with E-state index in [1.165, 1.54) is 4.90 Å². The molecule has 2 unspecified atom stereocenters. The highest BCUT2D eigenvalue weighted by molar-refractivity contribution is 5.90. The van der Waals surface area contributed by atoms with Crippen molar-refractivity contribution < 1.29 is 19.5 Å². The average Bonchev–Trinajstić information content (AvgIpc) is 2.86. The number of hydrogen-bond donors (Lipinski definition) is 1. The summed E-state index contributed by atoms with van der Waals surface area (Å²) in [5.41, 5.74) is 0.768. The molecule has 0 aliphatic carbocycles. The third-order valence-electron chi connectivity index (χ3n) is 5.41. The van der Waals surface area contributed by atoms with Gasteiger partial charge in [0.15, 0.2) is 0 Å². The normalized spacial score (nSPS) is 25.0. The van der Waals surface area contributed by atoms with Crippen molar-refractivity contribution >= 4 is 17.8 Å². The topological polar surface area (TPSA) is 77.9 Å². The monoisotopic (exact) mass is 344 g/mol. The fourth-order valence-corrected chi connectivity index (χ4v) is 3.98. The maximum Gasteiger partial charge on any atom is 0.326 e. The number of carboxylic acid groups (broad SMARTS) is 1. The Labute approximate surface area is 147 Å². The summed E-state index contributed by atoms with van der Waals surface area (Å²) in [5.74, 6) is -1.28. The minimum atomic E-state index is -0.965. The van der Waals surface area contributed by atoms with E-state index in [1.54, 1.807) is 4.90 Å². The molecule has 1 N–H and O–H groups in total. The van der Waals surface area contributed by atoms with Crippen molar-refractivity contribution in [1.29, 1.82) is 0 Å². The molecule has 0 bridgehead atoms. The summed E-state index contributed by atoms with van der Waals surface area (Å²) in [5, 5.41) is 9.41. The number of carbonyl (C=O) groups is 3. The molecule has 1 aromatic carbocycles. The van der Waals surface area contributed by atoms with Gasteiger partial charge in [-0.2, -0.15) is 0 Å². The highest BCUT2D eigenvalue weighted by Crippen LogP contribution is 2.42. The lowest BCUT2D eigenvalue weighted by atomic mass is 9.83. The Morgan fingerprint density at radius 3 is 2.56 bits per heavy atom. The highest BCUT2D eigenvalue weighted by Gasteiger charge is 2.54. The lowest BCUT2D eigenvalue weighted by molar-refractivity contribution is -0.156. The van der Waals surface area contributed by atoms with Crippen molar-refractivity contribution in [2.75, 3.05) is 13.1 Å². The van der Waals surface area contributed by atoms with E-state index in [-0.39, 0.29) is 29.8 Å². The van der Waals surface area contributed by atoms with Gasteiger partial charge >= 0.3 is 5.97 Å². The van der Waals surface area contributed by atoms with Crippen LogP contribution in [0.4, 0.5) is 0 Å². The SMILES string of the molecule is CC1(C)CC(C(=O)O)N2C(=O)CN(C(=O)CCc3ccccc3)CC21. The molecular formula is C19H24N2O4. The highest BCUT2D eigenvalue weighted by atomic mass is 16.4. The summed E-state index contributed by atoms with van der Waals surface area (Å²) < 4.78 is 0. The molecule has 6 nitrogen and oxygen atoms in total. The van der Waals surface area contributed by atoms with Crippen LogP contribution in [0, 0.1) is 5.41 Å². The Balaban J connectivity index is 1.69. The fraction of sp³-hybridized carbons (Fsp3) is 0.526. The fourth-order valence-electron chi connectivity index (χ4n) is 3.98. The number of fused-ring (bicyclic) bond motifs is 1. The zero-order valence-electron chi connectivity index (χ0n) is 14.6. The Bertz CT molecular complexity index is 686. The Hall–Kier alpha value is -2.37. The van der Waals surface area contributed by atoms with Gasteiger partial charge in [-0.3, -0.25) is 9.59 Å². The maximum atomic E-state index is 12.6.